The van der Waals surface area contributed by atoms with Gasteiger partial charge in [-0.05, 0) is 28.1 Å². The zero-order valence-electron chi connectivity index (χ0n) is 8.00. The molecule has 0 bridgehead atoms. The second-order valence-electron chi connectivity index (χ2n) is 3.04. The fourth-order valence-corrected chi connectivity index (χ4v) is 1.75. The number of hydrogen-bond acceptors (Lipinski definition) is 2. The number of halogens is 2. The summed E-state index contributed by atoms with van der Waals surface area (Å²) in [6, 6.07) is 4.36. The Morgan fingerprint density at radius 3 is 2.94 bits per heavy atom. The lowest BCUT2D eigenvalue weighted by atomic mass is 10.2. The quantitative estimate of drug-likeness (QED) is 0.890. The highest BCUT2D eigenvalue weighted by Crippen LogP contribution is 2.20. The molecule has 0 saturated heterocycles. The number of carbonyl (C=O) groups excluding carboxylic acids is 1. The van der Waals surface area contributed by atoms with Crippen LogP contribution in [0.4, 0.5) is 10.1 Å². The first-order valence-electron chi connectivity index (χ1n) is 4.42. The van der Waals surface area contributed by atoms with Crippen LogP contribution in [0.15, 0.2) is 35.1 Å². The lowest BCUT2D eigenvalue weighted by molar-refractivity contribution is 0.102. The maximum Gasteiger partial charge on any atom is 0.259 e. The van der Waals surface area contributed by atoms with Gasteiger partial charge in [-0.25, -0.2) is 4.39 Å². The standard InChI is InChI=1S/C10H7BrFN3O/c11-7-2-1-3-8(12)9(7)10(16)15-6-4-13-14-5-6/h1-5H,(H,13,14)(H,15,16). The normalized spacial score (nSPS) is 10.1. The first kappa shape index (κ1) is 10.8. The van der Waals surface area contributed by atoms with Crippen molar-refractivity contribution >= 4 is 27.5 Å². The van der Waals surface area contributed by atoms with Gasteiger partial charge in [-0.2, -0.15) is 5.10 Å². The van der Waals surface area contributed by atoms with E-state index in [2.05, 4.69) is 31.4 Å². The average Bonchev–Trinajstić information content (AvgIpc) is 2.70. The van der Waals surface area contributed by atoms with E-state index in [1.165, 1.54) is 24.5 Å². The zero-order chi connectivity index (χ0) is 11.5. The van der Waals surface area contributed by atoms with Gasteiger partial charge in [-0.1, -0.05) is 6.07 Å². The van der Waals surface area contributed by atoms with E-state index in [9.17, 15) is 9.18 Å². The van der Waals surface area contributed by atoms with Crippen LogP contribution in [-0.4, -0.2) is 16.1 Å². The Balaban J connectivity index is 2.28. The van der Waals surface area contributed by atoms with E-state index in [4.69, 9.17) is 0 Å². The van der Waals surface area contributed by atoms with Crippen molar-refractivity contribution < 1.29 is 9.18 Å². The Morgan fingerprint density at radius 2 is 2.31 bits per heavy atom. The van der Waals surface area contributed by atoms with Crippen molar-refractivity contribution in [1.82, 2.24) is 10.2 Å². The number of nitrogens with one attached hydrogen (secondary N) is 2. The number of benzene rings is 1. The van der Waals surface area contributed by atoms with Crippen LogP contribution in [-0.2, 0) is 0 Å². The summed E-state index contributed by atoms with van der Waals surface area (Å²) in [6.07, 6.45) is 2.94. The van der Waals surface area contributed by atoms with Gasteiger partial charge in [0.2, 0.25) is 0 Å². The third-order valence-corrected chi connectivity index (χ3v) is 2.61. The zero-order valence-corrected chi connectivity index (χ0v) is 9.58. The Kier molecular flexibility index (Phi) is 3.00. The Morgan fingerprint density at radius 1 is 1.50 bits per heavy atom. The van der Waals surface area contributed by atoms with Crippen LogP contribution in [0.1, 0.15) is 10.4 Å². The molecular weight excluding hydrogens is 277 g/mol. The molecule has 0 aliphatic heterocycles. The molecule has 2 aromatic rings. The van der Waals surface area contributed by atoms with E-state index < -0.39 is 11.7 Å². The summed E-state index contributed by atoms with van der Waals surface area (Å²) in [5, 5.41) is 8.73. The number of amides is 1. The SMILES string of the molecule is O=C(Nc1cn[nH]c1)c1c(F)cccc1Br. The smallest absolute Gasteiger partial charge is 0.259 e. The number of anilines is 1. The number of rotatable bonds is 2. The van der Waals surface area contributed by atoms with Crippen molar-refractivity contribution in [1.29, 1.82) is 0 Å². The van der Waals surface area contributed by atoms with E-state index in [0.29, 0.717) is 10.2 Å². The van der Waals surface area contributed by atoms with Gasteiger partial charge in [0.25, 0.3) is 5.91 Å². The van der Waals surface area contributed by atoms with Crippen molar-refractivity contribution in [3.05, 3.63) is 46.4 Å². The Hall–Kier alpha value is -1.69. The molecule has 0 unspecified atom stereocenters. The summed E-state index contributed by atoms with van der Waals surface area (Å²) in [6.45, 7) is 0. The highest BCUT2D eigenvalue weighted by atomic mass is 79.9. The van der Waals surface area contributed by atoms with E-state index in [1.54, 1.807) is 6.07 Å². The van der Waals surface area contributed by atoms with Crippen molar-refractivity contribution in [3.8, 4) is 0 Å². The topological polar surface area (TPSA) is 57.8 Å². The molecule has 0 aliphatic rings. The number of hydrogen-bond donors (Lipinski definition) is 2. The maximum absolute atomic E-state index is 13.4. The molecular formula is C10H7BrFN3O. The minimum absolute atomic E-state index is 0.0244. The summed E-state index contributed by atoms with van der Waals surface area (Å²) in [5.74, 6) is -1.10. The van der Waals surface area contributed by atoms with Crippen LogP contribution in [0.3, 0.4) is 0 Å². The Bertz CT molecular complexity index is 493. The second-order valence-corrected chi connectivity index (χ2v) is 3.89. The molecule has 6 heteroatoms. The van der Waals surface area contributed by atoms with Gasteiger partial charge in [0.05, 0.1) is 17.4 Å². The molecule has 0 aliphatic carbocycles. The number of aromatic amines is 1. The number of carbonyl (C=O) groups is 1. The summed E-state index contributed by atoms with van der Waals surface area (Å²) in [4.78, 5) is 11.7. The van der Waals surface area contributed by atoms with Crippen molar-refractivity contribution in [2.75, 3.05) is 5.32 Å². The molecule has 1 aromatic heterocycles. The fraction of sp³-hybridized carbons (Fsp3) is 0. The molecule has 4 nitrogen and oxygen atoms in total. The maximum atomic E-state index is 13.4. The molecule has 16 heavy (non-hydrogen) atoms. The molecule has 0 atom stereocenters. The van der Waals surface area contributed by atoms with Gasteiger partial charge in [0.1, 0.15) is 5.82 Å². The van der Waals surface area contributed by atoms with Crippen molar-refractivity contribution in [2.45, 2.75) is 0 Å². The summed E-state index contributed by atoms with van der Waals surface area (Å²) >= 11 is 3.13. The fourth-order valence-electron chi connectivity index (χ4n) is 1.23. The van der Waals surface area contributed by atoms with Crippen LogP contribution in [0.25, 0.3) is 0 Å². The molecule has 1 heterocycles. The van der Waals surface area contributed by atoms with E-state index in [0.717, 1.165) is 0 Å². The highest BCUT2D eigenvalue weighted by Gasteiger charge is 2.15. The van der Waals surface area contributed by atoms with Crippen molar-refractivity contribution in [3.63, 3.8) is 0 Å². The van der Waals surface area contributed by atoms with E-state index in [1.807, 2.05) is 0 Å². The van der Waals surface area contributed by atoms with Crippen LogP contribution in [0.2, 0.25) is 0 Å². The van der Waals surface area contributed by atoms with Gasteiger partial charge >= 0.3 is 0 Å². The molecule has 82 valence electrons. The van der Waals surface area contributed by atoms with Gasteiger partial charge in [-0.15, -0.1) is 0 Å². The molecule has 1 aromatic carbocycles. The predicted octanol–water partition coefficient (Wildman–Crippen LogP) is 2.56. The van der Waals surface area contributed by atoms with Gasteiger partial charge < -0.3 is 5.32 Å². The third kappa shape index (κ3) is 2.11. The van der Waals surface area contributed by atoms with Crippen LogP contribution in [0.5, 0.6) is 0 Å². The molecule has 2 rings (SSSR count). The summed E-state index contributed by atoms with van der Waals surface area (Å²) < 4.78 is 13.8. The number of aromatic nitrogens is 2. The lowest BCUT2D eigenvalue weighted by Crippen LogP contribution is -2.14. The monoisotopic (exact) mass is 283 g/mol. The average molecular weight is 284 g/mol. The minimum Gasteiger partial charge on any atom is -0.319 e. The summed E-state index contributed by atoms with van der Waals surface area (Å²) in [5.41, 5.74) is 0.462. The first-order valence-corrected chi connectivity index (χ1v) is 5.22. The number of H-pyrrole nitrogens is 1. The largest absolute Gasteiger partial charge is 0.319 e. The van der Waals surface area contributed by atoms with Crippen LogP contribution < -0.4 is 5.32 Å². The van der Waals surface area contributed by atoms with Crippen LogP contribution >= 0.6 is 15.9 Å². The van der Waals surface area contributed by atoms with Crippen molar-refractivity contribution in [2.24, 2.45) is 0 Å². The molecule has 2 N–H and O–H groups in total. The third-order valence-electron chi connectivity index (χ3n) is 1.95. The highest BCUT2D eigenvalue weighted by molar-refractivity contribution is 9.10. The molecule has 0 fully saturated rings. The first-order chi connectivity index (χ1) is 7.68. The lowest BCUT2D eigenvalue weighted by Gasteiger charge is -2.05. The molecule has 0 saturated carbocycles. The summed E-state index contributed by atoms with van der Waals surface area (Å²) in [7, 11) is 0. The van der Waals surface area contributed by atoms with Gasteiger partial charge in [0, 0.05) is 10.7 Å². The predicted molar refractivity (Wildman–Crippen MR) is 60.6 cm³/mol. The molecule has 0 spiro atoms. The van der Waals surface area contributed by atoms with E-state index in [-0.39, 0.29) is 5.56 Å². The number of nitrogens with zero attached hydrogens (tertiary/aromatic N) is 1. The minimum atomic E-state index is -0.574. The van der Waals surface area contributed by atoms with Crippen LogP contribution in [0, 0.1) is 5.82 Å². The molecule has 0 radical (unpaired) electrons. The molecule has 1 amide bonds. The second kappa shape index (κ2) is 4.44. The van der Waals surface area contributed by atoms with Gasteiger partial charge in [0.15, 0.2) is 0 Å². The van der Waals surface area contributed by atoms with E-state index >= 15 is 0 Å². The Labute approximate surface area is 99.0 Å². The van der Waals surface area contributed by atoms with Gasteiger partial charge in [-0.3, -0.25) is 9.89 Å².